The molecule has 0 unspecified atom stereocenters. The molecular formula is C90H67N5OSi. The molecule has 1 aliphatic heterocycles. The van der Waals surface area contributed by atoms with Crippen molar-refractivity contribution in [1.82, 2.24) is 24.1 Å². The molecule has 4 heterocycles. The Balaban J connectivity index is 0.967. The molecule has 19 rings (SSSR count). The highest BCUT2D eigenvalue weighted by Gasteiger charge is 2.52. The van der Waals surface area contributed by atoms with E-state index in [0.29, 0.717) is 45.7 Å². The van der Waals surface area contributed by atoms with Crippen molar-refractivity contribution in [3.63, 3.8) is 0 Å². The van der Waals surface area contributed by atoms with E-state index in [4.69, 9.17) is 27.9 Å². The van der Waals surface area contributed by atoms with Crippen LogP contribution in [0.5, 0.6) is 11.5 Å². The monoisotopic (exact) mass is 1290 g/mol. The first-order valence-electron chi connectivity index (χ1n) is 44.0. The van der Waals surface area contributed by atoms with Crippen LogP contribution < -0.4 is 25.5 Å². The topological polar surface area (TPSA) is 57.8 Å². The average molecular weight is 1290 g/mol. The zero-order chi connectivity index (χ0) is 85.7. The molecule has 0 fully saturated rings. The summed E-state index contributed by atoms with van der Waals surface area (Å²) in [5, 5.41) is -1.19. The van der Waals surface area contributed by atoms with E-state index < -0.39 is 198 Å². The third-order valence-electron chi connectivity index (χ3n) is 20.1. The van der Waals surface area contributed by atoms with E-state index in [9.17, 15) is 24.7 Å². The number of aromatic nitrogens is 5. The average Bonchev–Trinajstić information content (AvgIpc) is 1.64. The highest BCUT2D eigenvalue weighted by molar-refractivity contribution is 7.20. The minimum atomic E-state index is -5.13. The molecule has 0 saturated carbocycles. The van der Waals surface area contributed by atoms with Gasteiger partial charge in [-0.25, -0.2) is 4.98 Å². The minimum absolute atomic E-state index is 0.0432. The van der Waals surface area contributed by atoms with Gasteiger partial charge in [0.05, 0.1) is 60.4 Å². The van der Waals surface area contributed by atoms with Crippen LogP contribution in [0.1, 0.15) is 107 Å². The molecule has 0 radical (unpaired) electrons. The highest BCUT2D eigenvalue weighted by Crippen LogP contribution is 2.63. The van der Waals surface area contributed by atoms with E-state index in [0.717, 1.165) is 32.4 Å². The van der Waals surface area contributed by atoms with E-state index in [1.807, 2.05) is 82.3 Å². The van der Waals surface area contributed by atoms with Crippen LogP contribution >= 0.6 is 0 Å². The molecule has 3 aromatic heterocycles. The van der Waals surface area contributed by atoms with Crippen molar-refractivity contribution in [2.45, 2.75) is 56.8 Å². The maximum absolute atomic E-state index is 11.4. The Bertz CT molecular complexity index is 7160. The Morgan fingerprint density at radius 2 is 0.856 bits per heavy atom. The van der Waals surface area contributed by atoms with Crippen molar-refractivity contribution in [3.8, 4) is 68.2 Å². The van der Waals surface area contributed by atoms with Crippen LogP contribution in [0.25, 0.3) is 100 Å². The molecule has 0 bridgehead atoms. The fourth-order valence-electron chi connectivity index (χ4n) is 15.7. The smallest absolute Gasteiger partial charge is 0.238 e. The summed E-state index contributed by atoms with van der Waals surface area (Å²) in [6, 6.07) is 32.9. The minimum Gasteiger partial charge on any atom is -0.456 e. The molecule has 6 nitrogen and oxygen atoms in total. The second-order valence-corrected chi connectivity index (χ2v) is 29.8. The SMILES string of the molecule is [2H]c1c([2H])c(-c2nc(-c3cc(-n4c5c([2H])c([2H])c([2H])c([2H])c5c5c([2H])c([2H])c([2H])c([2H])c54)cc4c3C(C)(C)CCC4(C)C)nc(-n3c4c([2H])c([2H])c([2H])c([2H])c4c4c([2H])c([2H])c([2H])c([2H])c43)n2)c([2H])c([Si](c2ccccc2)(c2ccccc2)c2c([2H])c([2H])c([2H])c(-c3cccc4c3Oc3ccccc3C43c4ccccc4-c4ccccc43)c2[2H])c1[2H]. The van der Waals surface area contributed by atoms with Crippen LogP contribution in [0.15, 0.2) is 309 Å². The summed E-state index contributed by atoms with van der Waals surface area (Å²) in [6.45, 7) is 7.85. The zero-order valence-corrected chi connectivity index (χ0v) is 53.6. The Hall–Kier alpha value is -11.5. The Morgan fingerprint density at radius 3 is 1.45 bits per heavy atom. The van der Waals surface area contributed by atoms with Crippen molar-refractivity contribution in [1.29, 1.82) is 0 Å². The number of hydrogen-bond donors (Lipinski definition) is 0. The van der Waals surface area contributed by atoms with Gasteiger partial charge in [-0.1, -0.05) is 294 Å². The first-order valence-corrected chi connectivity index (χ1v) is 34.0. The molecule has 7 heteroatoms. The lowest BCUT2D eigenvalue weighted by Gasteiger charge is -2.43. The fourth-order valence-corrected chi connectivity index (χ4v) is 20.0. The van der Waals surface area contributed by atoms with Crippen LogP contribution in [-0.4, -0.2) is 32.2 Å². The number of nitrogens with zero attached hydrogens (tertiary/aromatic N) is 5. The van der Waals surface area contributed by atoms with Crippen molar-refractivity contribution in [3.05, 3.63) is 342 Å². The molecule has 0 saturated heterocycles. The van der Waals surface area contributed by atoms with Crippen LogP contribution in [0.3, 0.4) is 0 Å². The van der Waals surface area contributed by atoms with Crippen LogP contribution in [-0.2, 0) is 16.2 Å². The van der Waals surface area contributed by atoms with Gasteiger partial charge >= 0.3 is 0 Å². The molecule has 0 amide bonds. The van der Waals surface area contributed by atoms with Crippen LogP contribution in [0.4, 0.5) is 0 Å². The number of hydrogen-bond acceptors (Lipinski definition) is 4. The van der Waals surface area contributed by atoms with Gasteiger partial charge < -0.3 is 9.30 Å². The summed E-state index contributed by atoms with van der Waals surface area (Å²) in [4.78, 5) is 15.7. The number of rotatable bonds is 9. The van der Waals surface area contributed by atoms with Gasteiger partial charge in [0.15, 0.2) is 19.7 Å². The first kappa shape index (κ1) is 37.5. The van der Waals surface area contributed by atoms with Gasteiger partial charge in [0.2, 0.25) is 5.95 Å². The fraction of sp³-hybridized carbons (Fsp3) is 0.100. The van der Waals surface area contributed by atoms with Crippen LogP contribution in [0.2, 0.25) is 0 Å². The largest absolute Gasteiger partial charge is 0.456 e. The molecule has 3 aliphatic rings. The highest BCUT2D eigenvalue weighted by atomic mass is 28.3. The number of para-hydroxylation sites is 6. The Morgan fingerprint density at radius 1 is 0.381 bits per heavy atom. The lowest BCUT2D eigenvalue weighted by atomic mass is 9.62. The lowest BCUT2D eigenvalue weighted by molar-refractivity contribution is 0.332. The maximum atomic E-state index is 11.4. The third-order valence-corrected chi connectivity index (χ3v) is 24.5. The quantitative estimate of drug-likeness (QED) is 0.107. The summed E-state index contributed by atoms with van der Waals surface area (Å²) in [5.74, 6) is -0.993. The van der Waals surface area contributed by atoms with E-state index in [1.165, 1.54) is 4.57 Å². The van der Waals surface area contributed by atoms with E-state index >= 15 is 0 Å². The number of ether oxygens (including phenoxy) is 1. The summed E-state index contributed by atoms with van der Waals surface area (Å²) >= 11 is 0. The second kappa shape index (κ2) is 21.5. The van der Waals surface area contributed by atoms with Gasteiger partial charge in [-0.15, -0.1) is 0 Å². The Labute approximate surface area is 599 Å². The molecule has 16 aromatic rings. The predicted molar refractivity (Wildman–Crippen MR) is 401 cm³/mol. The molecule has 2 aliphatic carbocycles. The summed E-state index contributed by atoms with van der Waals surface area (Å²) < 4.78 is 244. The summed E-state index contributed by atoms with van der Waals surface area (Å²) in [7, 11) is -5.13. The molecule has 0 N–H and O–H groups in total. The van der Waals surface area contributed by atoms with Crippen molar-refractivity contribution in [2.24, 2.45) is 0 Å². The lowest BCUT2D eigenvalue weighted by Crippen LogP contribution is -2.74. The molecule has 0 atom stereocenters. The first-order chi connectivity index (χ1) is 57.6. The van der Waals surface area contributed by atoms with Gasteiger partial charge in [0.1, 0.15) is 11.5 Å². The summed E-state index contributed by atoms with van der Waals surface area (Å²) in [5.41, 5.74) is 1.67. The maximum Gasteiger partial charge on any atom is 0.238 e. The second-order valence-electron chi connectivity index (χ2n) is 26.1. The number of fused-ring (bicyclic) bond motifs is 16. The number of benzene rings is 13. The van der Waals surface area contributed by atoms with Gasteiger partial charge in [-0.2, -0.15) is 9.97 Å². The van der Waals surface area contributed by atoms with Gasteiger partial charge in [-0.3, -0.25) is 4.57 Å². The molecular weight excluding hydrogens is 1200 g/mol. The normalized spacial score (nSPS) is 18.1. The van der Waals surface area contributed by atoms with E-state index in [1.54, 1.807) is 84.9 Å². The molecule has 462 valence electrons. The van der Waals surface area contributed by atoms with Gasteiger partial charge in [0.25, 0.3) is 0 Å². The summed E-state index contributed by atoms with van der Waals surface area (Å²) in [6.07, 6.45) is 0.968. The third kappa shape index (κ3) is 8.34. The van der Waals surface area contributed by atoms with E-state index in [2.05, 4.69) is 24.3 Å². The zero-order valence-electron chi connectivity index (χ0n) is 76.6. The molecule has 13 aromatic carbocycles. The standard InChI is InChI=1S/C90H67N5OSi/c1-88(2)52-53-89(3,4)83-72(56-60(57-77(83)88)94-78-47-20-13-38-68(78)69-39-14-21-48-79(69)94)86-91-85(92-87(93-86)95-80-49-22-15-40-70(80)71-41-16-23-50-81(71)95)59-29-26-35-64(55-59)97(61-30-7-5-8-31-61,62-32-9-6-10-33-62)63-34-25-28-58(54-63)65-42-27-46-76-84(65)96-82-51-24-19-45-75(82)90(76)73-43-17-11-36-66(73)67-37-12-18-44-74(67)90/h5-51,54-57H,52-53H2,1-4H3/i13D,14D,15D,16D,20D,21D,22D,23D,25D,26D,28D,29D,34D,35D,38D,39D,40D,41D,47D,48D,49D,50D,54D,55D. The molecule has 97 heavy (non-hydrogen) atoms. The Kier molecular flexibility index (Phi) is 8.32. The van der Waals surface area contributed by atoms with E-state index in [-0.39, 0.29) is 76.9 Å². The van der Waals surface area contributed by atoms with Crippen molar-refractivity contribution >= 4 is 72.4 Å². The molecule has 1 spiro atoms. The van der Waals surface area contributed by atoms with Crippen LogP contribution in [0, 0.1) is 0 Å². The van der Waals surface area contributed by atoms with Gasteiger partial charge in [0, 0.05) is 55.0 Å². The van der Waals surface area contributed by atoms with Crippen molar-refractivity contribution in [2.75, 3.05) is 0 Å². The van der Waals surface area contributed by atoms with Crippen molar-refractivity contribution < 1.29 is 37.6 Å². The van der Waals surface area contributed by atoms with Gasteiger partial charge in [-0.05, 0) is 126 Å². The predicted octanol–water partition coefficient (Wildman–Crippen LogP) is 19.3.